The third-order valence-corrected chi connectivity index (χ3v) is 5.59. The van der Waals surface area contributed by atoms with Crippen molar-refractivity contribution in [2.75, 3.05) is 19.5 Å². The number of hydrogen-bond donors (Lipinski definition) is 1. The van der Waals surface area contributed by atoms with Crippen LogP contribution >= 0.6 is 11.3 Å². The van der Waals surface area contributed by atoms with E-state index < -0.39 is 0 Å². The summed E-state index contributed by atoms with van der Waals surface area (Å²) in [5.74, 6) is 1.08. The second-order valence-corrected chi connectivity index (χ2v) is 7.13. The highest BCUT2D eigenvalue weighted by molar-refractivity contribution is 7.17. The molecule has 3 rings (SSSR count). The molecule has 0 aliphatic carbocycles. The zero-order chi connectivity index (χ0) is 19.7. The molecule has 0 aliphatic heterocycles. The smallest absolute Gasteiger partial charge is 0.267 e. The number of nitrogens with zero attached hydrogens (tertiary/aromatic N) is 3. The fourth-order valence-electron chi connectivity index (χ4n) is 2.82. The zero-order valence-electron chi connectivity index (χ0n) is 16.2. The molecule has 7 nitrogen and oxygen atoms in total. The van der Waals surface area contributed by atoms with Gasteiger partial charge in [-0.15, -0.1) is 11.3 Å². The maximum atomic E-state index is 12.8. The van der Waals surface area contributed by atoms with Crippen molar-refractivity contribution in [2.24, 2.45) is 7.05 Å². The van der Waals surface area contributed by atoms with Crippen LogP contribution in [0.15, 0.2) is 18.2 Å². The monoisotopic (exact) mass is 386 g/mol. The Bertz CT molecular complexity index is 1010. The molecule has 0 aliphatic rings. The minimum Gasteiger partial charge on any atom is -0.493 e. The Morgan fingerprint density at radius 3 is 2.41 bits per heavy atom. The molecule has 1 amide bonds. The topological polar surface area (TPSA) is 78.3 Å². The van der Waals surface area contributed by atoms with Crippen LogP contribution in [0.25, 0.3) is 10.6 Å². The highest BCUT2D eigenvalue weighted by Crippen LogP contribution is 2.35. The zero-order valence-corrected chi connectivity index (χ0v) is 17.0. The number of methoxy groups -OCH3 is 2. The number of aromatic nitrogens is 3. The first-order valence-corrected chi connectivity index (χ1v) is 9.18. The average molecular weight is 386 g/mol. The second-order valence-electron chi connectivity index (χ2n) is 6.13. The van der Waals surface area contributed by atoms with E-state index in [2.05, 4.69) is 15.4 Å². The highest BCUT2D eigenvalue weighted by Gasteiger charge is 2.20. The molecule has 2 heterocycles. The first-order valence-electron chi connectivity index (χ1n) is 8.37. The lowest BCUT2D eigenvalue weighted by molar-refractivity contribution is 0.102. The minimum absolute atomic E-state index is 0.184. The Morgan fingerprint density at radius 2 is 1.81 bits per heavy atom. The fraction of sp³-hybridized carbons (Fsp3) is 0.316. The van der Waals surface area contributed by atoms with Gasteiger partial charge in [-0.3, -0.25) is 9.48 Å². The SMILES string of the molecule is COc1ccc(-c2nc(C)c(C(=O)Nc3c(C)nn(C)c3C)s2)cc1OC. The van der Waals surface area contributed by atoms with Crippen molar-refractivity contribution in [3.8, 4) is 22.1 Å². The Labute approximate surface area is 162 Å². The van der Waals surface area contributed by atoms with E-state index in [0.717, 1.165) is 27.6 Å². The summed E-state index contributed by atoms with van der Waals surface area (Å²) in [5.41, 5.74) is 3.98. The lowest BCUT2D eigenvalue weighted by atomic mass is 10.2. The van der Waals surface area contributed by atoms with E-state index in [1.165, 1.54) is 11.3 Å². The van der Waals surface area contributed by atoms with E-state index in [-0.39, 0.29) is 5.91 Å². The molecule has 1 aromatic carbocycles. The Balaban J connectivity index is 1.91. The van der Waals surface area contributed by atoms with Crippen molar-refractivity contribution in [2.45, 2.75) is 20.8 Å². The first kappa shape index (κ1) is 18.9. The van der Waals surface area contributed by atoms with E-state index in [1.807, 2.05) is 46.0 Å². The summed E-state index contributed by atoms with van der Waals surface area (Å²) < 4.78 is 12.4. The molecule has 0 atom stereocenters. The average Bonchev–Trinajstić information content (AvgIpc) is 3.16. The molecule has 8 heteroatoms. The lowest BCUT2D eigenvalue weighted by Gasteiger charge is -2.08. The molecule has 0 radical (unpaired) electrons. The van der Waals surface area contributed by atoms with Crippen LogP contribution in [0.4, 0.5) is 5.69 Å². The number of thiazole rings is 1. The van der Waals surface area contributed by atoms with Crippen LogP contribution in [-0.4, -0.2) is 34.9 Å². The van der Waals surface area contributed by atoms with Crippen LogP contribution in [-0.2, 0) is 7.05 Å². The van der Waals surface area contributed by atoms with Crippen LogP contribution in [0.3, 0.4) is 0 Å². The third kappa shape index (κ3) is 3.52. The number of carbonyl (C=O) groups is 1. The number of hydrogen-bond acceptors (Lipinski definition) is 6. The van der Waals surface area contributed by atoms with Gasteiger partial charge in [0.2, 0.25) is 0 Å². The standard InChI is InChI=1S/C19H22N4O3S/c1-10-16(12(3)23(4)22-10)21-18(24)17-11(2)20-19(27-17)13-7-8-14(25-5)15(9-13)26-6/h7-9H,1-6H3,(H,21,24). The minimum atomic E-state index is -0.184. The predicted molar refractivity (Wildman–Crippen MR) is 106 cm³/mol. The first-order chi connectivity index (χ1) is 12.8. The molecule has 0 saturated heterocycles. The molecule has 0 fully saturated rings. The molecule has 0 saturated carbocycles. The number of anilines is 1. The van der Waals surface area contributed by atoms with Crippen LogP contribution in [0, 0.1) is 20.8 Å². The van der Waals surface area contributed by atoms with Crippen LogP contribution in [0.2, 0.25) is 0 Å². The molecule has 142 valence electrons. The van der Waals surface area contributed by atoms with Gasteiger partial charge in [0.15, 0.2) is 11.5 Å². The maximum Gasteiger partial charge on any atom is 0.267 e. The number of amides is 1. The molecule has 27 heavy (non-hydrogen) atoms. The van der Waals surface area contributed by atoms with Crippen LogP contribution in [0.1, 0.15) is 26.8 Å². The summed E-state index contributed by atoms with van der Waals surface area (Å²) >= 11 is 1.34. The summed E-state index contributed by atoms with van der Waals surface area (Å²) in [7, 11) is 5.03. The van der Waals surface area contributed by atoms with E-state index in [9.17, 15) is 4.79 Å². The summed E-state index contributed by atoms with van der Waals surface area (Å²) in [6, 6.07) is 5.58. The molecule has 0 spiro atoms. The number of carbonyl (C=O) groups excluding carboxylic acids is 1. The predicted octanol–water partition coefficient (Wildman–Crippen LogP) is 3.74. The van der Waals surface area contributed by atoms with Gasteiger partial charge in [-0.2, -0.15) is 5.10 Å². The van der Waals surface area contributed by atoms with Crippen LogP contribution < -0.4 is 14.8 Å². The molecular weight excluding hydrogens is 364 g/mol. The van der Waals surface area contributed by atoms with E-state index in [4.69, 9.17) is 9.47 Å². The van der Waals surface area contributed by atoms with Gasteiger partial charge in [-0.1, -0.05) is 0 Å². The van der Waals surface area contributed by atoms with Crippen molar-refractivity contribution in [3.63, 3.8) is 0 Å². The number of ether oxygens (including phenoxy) is 2. The number of rotatable bonds is 5. The van der Waals surface area contributed by atoms with Crippen molar-refractivity contribution in [1.82, 2.24) is 14.8 Å². The highest BCUT2D eigenvalue weighted by atomic mass is 32.1. The quantitative estimate of drug-likeness (QED) is 0.723. The van der Waals surface area contributed by atoms with Crippen molar-refractivity contribution in [3.05, 3.63) is 40.2 Å². The largest absolute Gasteiger partial charge is 0.493 e. The van der Waals surface area contributed by atoms with Crippen molar-refractivity contribution >= 4 is 22.9 Å². The molecule has 0 bridgehead atoms. The summed E-state index contributed by atoms with van der Waals surface area (Å²) in [4.78, 5) is 17.9. The number of nitrogens with one attached hydrogen (secondary N) is 1. The Hall–Kier alpha value is -2.87. The van der Waals surface area contributed by atoms with E-state index >= 15 is 0 Å². The second kappa shape index (κ2) is 7.40. The third-order valence-electron chi connectivity index (χ3n) is 4.38. The lowest BCUT2D eigenvalue weighted by Crippen LogP contribution is -2.12. The van der Waals surface area contributed by atoms with Gasteiger partial charge in [0, 0.05) is 12.6 Å². The van der Waals surface area contributed by atoms with E-state index in [0.29, 0.717) is 22.1 Å². The maximum absolute atomic E-state index is 12.8. The van der Waals surface area contributed by atoms with Gasteiger partial charge >= 0.3 is 0 Å². The van der Waals surface area contributed by atoms with Gasteiger partial charge < -0.3 is 14.8 Å². The van der Waals surface area contributed by atoms with Gasteiger partial charge in [0.1, 0.15) is 9.88 Å². The molecule has 2 aromatic heterocycles. The van der Waals surface area contributed by atoms with Gasteiger partial charge in [0.25, 0.3) is 5.91 Å². The molecule has 3 aromatic rings. The summed E-state index contributed by atoms with van der Waals surface area (Å²) in [6.45, 7) is 5.63. The normalized spacial score (nSPS) is 10.7. The van der Waals surface area contributed by atoms with Gasteiger partial charge in [-0.25, -0.2) is 4.98 Å². The van der Waals surface area contributed by atoms with Crippen LogP contribution in [0.5, 0.6) is 11.5 Å². The van der Waals surface area contributed by atoms with Gasteiger partial charge in [-0.05, 0) is 39.0 Å². The summed E-state index contributed by atoms with van der Waals surface area (Å²) in [5, 5.41) is 8.05. The Kier molecular flexibility index (Phi) is 5.18. The van der Waals surface area contributed by atoms with Gasteiger partial charge in [0.05, 0.1) is 37.0 Å². The molecule has 1 N–H and O–H groups in total. The number of benzene rings is 1. The van der Waals surface area contributed by atoms with Crippen molar-refractivity contribution in [1.29, 1.82) is 0 Å². The fourth-order valence-corrected chi connectivity index (χ4v) is 3.78. The number of aryl methyl sites for hydroxylation is 3. The Morgan fingerprint density at radius 1 is 1.11 bits per heavy atom. The molecular formula is C19H22N4O3S. The van der Waals surface area contributed by atoms with Crippen molar-refractivity contribution < 1.29 is 14.3 Å². The summed E-state index contributed by atoms with van der Waals surface area (Å²) in [6.07, 6.45) is 0. The van der Waals surface area contributed by atoms with E-state index in [1.54, 1.807) is 18.9 Å². The molecule has 0 unspecified atom stereocenters.